The van der Waals surface area contributed by atoms with Gasteiger partial charge in [-0.3, -0.25) is 4.79 Å². The Morgan fingerprint density at radius 1 is 1.04 bits per heavy atom. The van der Waals surface area contributed by atoms with E-state index in [9.17, 15) is 18.0 Å². The molecule has 0 saturated carbocycles. The highest BCUT2D eigenvalue weighted by atomic mass is 19.4. The first-order valence-corrected chi connectivity index (χ1v) is 6.72. The summed E-state index contributed by atoms with van der Waals surface area (Å²) in [5, 5.41) is 0. The van der Waals surface area contributed by atoms with Crippen molar-refractivity contribution in [3.05, 3.63) is 47.5 Å². The molecular formula is C17H15F3O3. The number of alkyl halides is 3. The second-order valence-corrected chi connectivity index (χ2v) is 4.89. The minimum atomic E-state index is -4.45. The summed E-state index contributed by atoms with van der Waals surface area (Å²) < 4.78 is 49.2. The Balaban J connectivity index is 2.71. The lowest BCUT2D eigenvalue weighted by atomic mass is 9.98. The van der Waals surface area contributed by atoms with E-state index < -0.39 is 11.7 Å². The zero-order valence-corrected chi connectivity index (χ0v) is 12.8. The van der Waals surface area contributed by atoms with Gasteiger partial charge in [-0.25, -0.2) is 0 Å². The lowest BCUT2D eigenvalue weighted by molar-refractivity contribution is -0.137. The van der Waals surface area contributed by atoms with Gasteiger partial charge in [-0.2, -0.15) is 13.2 Å². The Bertz CT molecular complexity index is 736. The molecule has 2 rings (SSSR count). The van der Waals surface area contributed by atoms with E-state index in [1.54, 1.807) is 0 Å². The zero-order chi connectivity index (χ0) is 17.2. The molecule has 0 amide bonds. The van der Waals surface area contributed by atoms with Crippen LogP contribution in [0.2, 0.25) is 0 Å². The van der Waals surface area contributed by atoms with Gasteiger partial charge in [-0.1, -0.05) is 12.1 Å². The smallest absolute Gasteiger partial charge is 0.416 e. The topological polar surface area (TPSA) is 35.5 Å². The van der Waals surface area contributed by atoms with Crippen molar-refractivity contribution in [2.24, 2.45) is 0 Å². The van der Waals surface area contributed by atoms with Crippen molar-refractivity contribution in [1.82, 2.24) is 0 Å². The molecule has 122 valence electrons. The van der Waals surface area contributed by atoms with Crippen LogP contribution in [-0.2, 0) is 6.18 Å². The number of carbonyl (C=O) groups is 1. The number of benzene rings is 2. The molecule has 2 aromatic rings. The first-order valence-electron chi connectivity index (χ1n) is 6.72. The summed E-state index contributed by atoms with van der Waals surface area (Å²) in [4.78, 5) is 11.6. The number of ketones is 1. The fourth-order valence-corrected chi connectivity index (χ4v) is 2.25. The maximum atomic E-state index is 12.9. The fraction of sp³-hybridized carbons (Fsp3) is 0.235. The van der Waals surface area contributed by atoms with Crippen LogP contribution in [-0.4, -0.2) is 20.0 Å². The molecule has 0 N–H and O–H groups in total. The van der Waals surface area contributed by atoms with Gasteiger partial charge >= 0.3 is 6.18 Å². The molecule has 0 aliphatic heterocycles. The predicted molar refractivity (Wildman–Crippen MR) is 80.0 cm³/mol. The van der Waals surface area contributed by atoms with Crippen molar-refractivity contribution < 1.29 is 27.4 Å². The molecule has 0 aliphatic carbocycles. The molecule has 0 unspecified atom stereocenters. The molecule has 3 nitrogen and oxygen atoms in total. The average molecular weight is 324 g/mol. The molecule has 0 saturated heterocycles. The molecule has 0 heterocycles. The summed E-state index contributed by atoms with van der Waals surface area (Å²) in [5.41, 5.74) is 0.209. The van der Waals surface area contributed by atoms with Crippen molar-refractivity contribution in [2.45, 2.75) is 13.1 Å². The summed E-state index contributed by atoms with van der Waals surface area (Å²) in [5.74, 6) is 0.337. The Kier molecular flexibility index (Phi) is 4.63. The van der Waals surface area contributed by atoms with E-state index >= 15 is 0 Å². The Hall–Kier alpha value is -2.50. The summed E-state index contributed by atoms with van der Waals surface area (Å²) in [6, 6.07) is 7.83. The van der Waals surface area contributed by atoms with E-state index in [0.29, 0.717) is 11.1 Å². The van der Waals surface area contributed by atoms with Crippen molar-refractivity contribution in [2.75, 3.05) is 14.2 Å². The van der Waals surface area contributed by atoms with Crippen LogP contribution in [0.15, 0.2) is 36.4 Å². The van der Waals surface area contributed by atoms with Gasteiger partial charge in [0.1, 0.15) is 0 Å². The summed E-state index contributed by atoms with van der Waals surface area (Å²) in [6.45, 7) is 1.37. The van der Waals surface area contributed by atoms with E-state index in [-0.39, 0.29) is 22.8 Å². The zero-order valence-electron chi connectivity index (χ0n) is 12.8. The van der Waals surface area contributed by atoms with Crippen LogP contribution in [0.25, 0.3) is 11.1 Å². The summed E-state index contributed by atoms with van der Waals surface area (Å²) in [7, 11) is 2.79. The molecule has 0 radical (unpaired) electrons. The van der Waals surface area contributed by atoms with Crippen LogP contribution in [0.1, 0.15) is 22.8 Å². The van der Waals surface area contributed by atoms with Crippen LogP contribution in [0.3, 0.4) is 0 Å². The maximum absolute atomic E-state index is 12.9. The van der Waals surface area contributed by atoms with Gasteiger partial charge in [0.25, 0.3) is 0 Å². The number of carbonyl (C=O) groups excluding carboxylic acids is 1. The van der Waals surface area contributed by atoms with Crippen LogP contribution in [0.4, 0.5) is 13.2 Å². The lowest BCUT2D eigenvalue weighted by Crippen LogP contribution is -2.05. The fourth-order valence-electron chi connectivity index (χ4n) is 2.25. The average Bonchev–Trinajstić information content (AvgIpc) is 2.52. The van der Waals surface area contributed by atoms with Crippen molar-refractivity contribution in [3.8, 4) is 22.6 Å². The second-order valence-electron chi connectivity index (χ2n) is 4.89. The third-order valence-corrected chi connectivity index (χ3v) is 3.39. The van der Waals surface area contributed by atoms with Gasteiger partial charge in [0.2, 0.25) is 0 Å². The molecule has 23 heavy (non-hydrogen) atoms. The Morgan fingerprint density at radius 3 is 2.26 bits per heavy atom. The van der Waals surface area contributed by atoms with E-state index in [1.807, 2.05) is 0 Å². The van der Waals surface area contributed by atoms with E-state index in [0.717, 1.165) is 12.1 Å². The van der Waals surface area contributed by atoms with Crippen LogP contribution in [0.5, 0.6) is 11.5 Å². The van der Waals surface area contributed by atoms with E-state index in [1.165, 1.54) is 45.4 Å². The first kappa shape index (κ1) is 16.9. The summed E-state index contributed by atoms with van der Waals surface area (Å²) >= 11 is 0. The Labute approximate surface area is 131 Å². The van der Waals surface area contributed by atoms with Crippen molar-refractivity contribution in [1.29, 1.82) is 0 Å². The largest absolute Gasteiger partial charge is 0.493 e. The van der Waals surface area contributed by atoms with Crippen molar-refractivity contribution >= 4 is 5.78 Å². The number of methoxy groups -OCH3 is 2. The third-order valence-electron chi connectivity index (χ3n) is 3.39. The van der Waals surface area contributed by atoms with Crippen LogP contribution >= 0.6 is 0 Å². The number of Topliss-reactive ketones (excluding diaryl/α,β-unsaturated/α-hetero) is 1. The van der Waals surface area contributed by atoms with Gasteiger partial charge in [0.15, 0.2) is 17.3 Å². The van der Waals surface area contributed by atoms with Gasteiger partial charge in [0, 0.05) is 11.1 Å². The number of rotatable bonds is 4. The van der Waals surface area contributed by atoms with Gasteiger partial charge < -0.3 is 9.47 Å². The van der Waals surface area contributed by atoms with Crippen LogP contribution < -0.4 is 9.47 Å². The number of hydrogen-bond acceptors (Lipinski definition) is 3. The SMILES string of the molecule is COc1cc(C(C)=O)cc(-c2cccc(C(F)(F)F)c2)c1OC. The number of halogens is 3. The molecule has 0 fully saturated rings. The third kappa shape index (κ3) is 3.47. The molecule has 0 aliphatic rings. The molecule has 0 bridgehead atoms. The highest BCUT2D eigenvalue weighted by Crippen LogP contribution is 2.41. The van der Waals surface area contributed by atoms with Crippen molar-refractivity contribution in [3.63, 3.8) is 0 Å². The van der Waals surface area contributed by atoms with E-state index in [2.05, 4.69) is 0 Å². The lowest BCUT2D eigenvalue weighted by Gasteiger charge is -2.15. The predicted octanol–water partition coefficient (Wildman–Crippen LogP) is 4.59. The van der Waals surface area contributed by atoms with Crippen LogP contribution in [0, 0.1) is 0 Å². The quantitative estimate of drug-likeness (QED) is 0.772. The number of ether oxygens (including phenoxy) is 2. The molecule has 6 heteroatoms. The molecule has 2 aromatic carbocycles. The highest BCUT2D eigenvalue weighted by Gasteiger charge is 2.30. The second kappa shape index (κ2) is 6.32. The standard InChI is InChI=1S/C17H15F3O3/c1-10(21)12-8-14(16(23-3)15(9-12)22-2)11-5-4-6-13(7-11)17(18,19)20/h4-9H,1-3H3. The van der Waals surface area contributed by atoms with Gasteiger partial charge in [-0.05, 0) is 36.8 Å². The molecule has 0 atom stereocenters. The van der Waals surface area contributed by atoms with Gasteiger partial charge in [0.05, 0.1) is 19.8 Å². The maximum Gasteiger partial charge on any atom is 0.416 e. The molecular weight excluding hydrogens is 309 g/mol. The molecule has 0 spiro atoms. The van der Waals surface area contributed by atoms with E-state index in [4.69, 9.17) is 9.47 Å². The Morgan fingerprint density at radius 2 is 1.74 bits per heavy atom. The van der Waals surface area contributed by atoms with Gasteiger partial charge in [-0.15, -0.1) is 0 Å². The highest BCUT2D eigenvalue weighted by molar-refractivity contribution is 5.97. The molecule has 0 aromatic heterocycles. The minimum absolute atomic E-state index is 0.223. The normalized spacial score (nSPS) is 11.2. The first-order chi connectivity index (χ1) is 10.8. The summed E-state index contributed by atoms with van der Waals surface area (Å²) in [6.07, 6.45) is -4.45. The minimum Gasteiger partial charge on any atom is -0.493 e. The number of hydrogen-bond donors (Lipinski definition) is 0. The monoisotopic (exact) mass is 324 g/mol.